The van der Waals surface area contributed by atoms with Crippen LogP contribution in [0.3, 0.4) is 0 Å². The Bertz CT molecular complexity index is 519. The van der Waals surface area contributed by atoms with Crippen LogP contribution in [0.5, 0.6) is 5.75 Å². The lowest BCUT2D eigenvalue weighted by Crippen LogP contribution is -2.37. The highest BCUT2D eigenvalue weighted by Crippen LogP contribution is 2.24. The third-order valence-corrected chi connectivity index (χ3v) is 3.31. The average molecular weight is 283 g/mol. The first-order chi connectivity index (χ1) is 8.97. The molecule has 1 heterocycles. The lowest BCUT2D eigenvalue weighted by Gasteiger charge is -2.17. The predicted molar refractivity (Wildman–Crippen MR) is 71.2 cm³/mol. The van der Waals surface area contributed by atoms with Gasteiger partial charge in [0.1, 0.15) is 5.75 Å². The number of phenols is 1. The van der Waals surface area contributed by atoms with Crippen molar-refractivity contribution in [2.75, 3.05) is 13.1 Å². The minimum atomic E-state index is -0.271. The third kappa shape index (κ3) is 3.17. The van der Waals surface area contributed by atoms with E-state index in [2.05, 4.69) is 5.32 Å². The van der Waals surface area contributed by atoms with E-state index in [-0.39, 0.29) is 29.2 Å². The van der Waals surface area contributed by atoms with Gasteiger partial charge in [-0.05, 0) is 24.6 Å². The molecule has 2 amide bonds. The number of phenolic OH excluding ortho intramolecular Hbond substituents is 1. The zero-order valence-electron chi connectivity index (χ0n) is 10.5. The standard InChI is InChI=1S/C13H15ClN2O3/c1-8(17)15-10-4-5-16(7-10)13(19)11-6-9(14)2-3-12(11)18/h2-3,6,10,18H,4-5,7H2,1H3,(H,15,17). The summed E-state index contributed by atoms with van der Waals surface area (Å²) in [7, 11) is 0. The minimum absolute atomic E-state index is 0.0252. The minimum Gasteiger partial charge on any atom is -0.507 e. The van der Waals surface area contributed by atoms with Crippen molar-refractivity contribution < 1.29 is 14.7 Å². The number of hydrogen-bond acceptors (Lipinski definition) is 3. The fraction of sp³-hybridized carbons (Fsp3) is 0.385. The molecular weight excluding hydrogens is 268 g/mol. The lowest BCUT2D eigenvalue weighted by atomic mass is 10.2. The highest BCUT2D eigenvalue weighted by molar-refractivity contribution is 6.31. The van der Waals surface area contributed by atoms with E-state index >= 15 is 0 Å². The fourth-order valence-corrected chi connectivity index (χ4v) is 2.37. The first kappa shape index (κ1) is 13.7. The molecule has 1 aliphatic rings. The van der Waals surface area contributed by atoms with Crippen LogP contribution in [0.15, 0.2) is 18.2 Å². The Morgan fingerprint density at radius 2 is 2.21 bits per heavy atom. The van der Waals surface area contributed by atoms with Gasteiger partial charge in [0.25, 0.3) is 5.91 Å². The van der Waals surface area contributed by atoms with Gasteiger partial charge in [-0.25, -0.2) is 0 Å². The quantitative estimate of drug-likeness (QED) is 0.861. The third-order valence-electron chi connectivity index (χ3n) is 3.07. The highest BCUT2D eigenvalue weighted by atomic mass is 35.5. The largest absolute Gasteiger partial charge is 0.507 e. The molecule has 5 nitrogen and oxygen atoms in total. The van der Waals surface area contributed by atoms with Crippen LogP contribution < -0.4 is 5.32 Å². The van der Waals surface area contributed by atoms with Crippen molar-refractivity contribution in [1.29, 1.82) is 0 Å². The van der Waals surface area contributed by atoms with E-state index in [4.69, 9.17) is 11.6 Å². The molecule has 0 radical (unpaired) electrons. The van der Waals surface area contributed by atoms with E-state index in [1.807, 2.05) is 0 Å². The Morgan fingerprint density at radius 3 is 2.89 bits per heavy atom. The van der Waals surface area contributed by atoms with Gasteiger partial charge in [-0.15, -0.1) is 0 Å². The van der Waals surface area contributed by atoms with Crippen molar-refractivity contribution in [2.24, 2.45) is 0 Å². The molecule has 2 N–H and O–H groups in total. The van der Waals surface area contributed by atoms with Gasteiger partial charge in [0.05, 0.1) is 5.56 Å². The van der Waals surface area contributed by atoms with Crippen LogP contribution in [0.1, 0.15) is 23.7 Å². The van der Waals surface area contributed by atoms with Crippen LogP contribution >= 0.6 is 11.6 Å². The molecule has 6 heteroatoms. The zero-order chi connectivity index (χ0) is 14.0. The molecule has 1 atom stereocenters. The Labute approximate surface area is 116 Å². The monoisotopic (exact) mass is 282 g/mol. The number of aromatic hydroxyl groups is 1. The van der Waals surface area contributed by atoms with Crippen LogP contribution in [-0.4, -0.2) is 41.0 Å². The van der Waals surface area contributed by atoms with Gasteiger partial charge in [0, 0.05) is 31.1 Å². The van der Waals surface area contributed by atoms with Gasteiger partial charge in [-0.1, -0.05) is 11.6 Å². The van der Waals surface area contributed by atoms with Crippen molar-refractivity contribution in [1.82, 2.24) is 10.2 Å². The number of halogens is 1. The number of nitrogens with zero attached hydrogens (tertiary/aromatic N) is 1. The summed E-state index contributed by atoms with van der Waals surface area (Å²) < 4.78 is 0. The van der Waals surface area contributed by atoms with Gasteiger partial charge in [0.15, 0.2) is 0 Å². The summed E-state index contributed by atoms with van der Waals surface area (Å²) in [5.41, 5.74) is 0.191. The average Bonchev–Trinajstić information content (AvgIpc) is 2.79. The number of benzene rings is 1. The molecule has 1 fully saturated rings. The summed E-state index contributed by atoms with van der Waals surface area (Å²) in [5, 5.41) is 12.9. The zero-order valence-corrected chi connectivity index (χ0v) is 11.3. The normalized spacial score (nSPS) is 18.4. The fourth-order valence-electron chi connectivity index (χ4n) is 2.20. The van der Waals surface area contributed by atoms with E-state index < -0.39 is 0 Å². The molecule has 0 aliphatic carbocycles. The molecule has 1 aromatic carbocycles. The van der Waals surface area contributed by atoms with Gasteiger partial charge in [-0.3, -0.25) is 9.59 Å². The number of likely N-dealkylation sites (tertiary alicyclic amines) is 1. The number of hydrogen-bond donors (Lipinski definition) is 2. The molecule has 1 aromatic rings. The van der Waals surface area contributed by atoms with Crippen LogP contribution in [0, 0.1) is 0 Å². The number of carbonyl (C=O) groups excluding carboxylic acids is 2. The Kier molecular flexibility index (Phi) is 3.95. The lowest BCUT2D eigenvalue weighted by molar-refractivity contribution is -0.119. The van der Waals surface area contributed by atoms with Crippen LogP contribution in [0.2, 0.25) is 5.02 Å². The maximum absolute atomic E-state index is 12.2. The topological polar surface area (TPSA) is 69.6 Å². The van der Waals surface area contributed by atoms with Crippen molar-refractivity contribution >= 4 is 23.4 Å². The molecule has 19 heavy (non-hydrogen) atoms. The molecule has 0 spiro atoms. The molecule has 102 valence electrons. The smallest absolute Gasteiger partial charge is 0.257 e. The summed E-state index contributed by atoms with van der Waals surface area (Å²) in [6, 6.07) is 4.35. The van der Waals surface area contributed by atoms with E-state index in [1.165, 1.54) is 25.1 Å². The molecule has 2 rings (SSSR count). The Hall–Kier alpha value is -1.75. The van der Waals surface area contributed by atoms with E-state index in [9.17, 15) is 14.7 Å². The van der Waals surface area contributed by atoms with Crippen LogP contribution in [0.25, 0.3) is 0 Å². The highest BCUT2D eigenvalue weighted by Gasteiger charge is 2.28. The van der Waals surface area contributed by atoms with E-state index in [0.717, 1.165) is 0 Å². The first-order valence-electron chi connectivity index (χ1n) is 6.02. The van der Waals surface area contributed by atoms with Crippen LogP contribution in [-0.2, 0) is 4.79 Å². The van der Waals surface area contributed by atoms with Crippen molar-refractivity contribution in [2.45, 2.75) is 19.4 Å². The summed E-state index contributed by atoms with van der Waals surface area (Å²) in [4.78, 5) is 24.8. The van der Waals surface area contributed by atoms with E-state index in [0.29, 0.717) is 24.5 Å². The summed E-state index contributed by atoms with van der Waals surface area (Å²) in [5.74, 6) is -0.463. The van der Waals surface area contributed by atoms with Crippen molar-refractivity contribution in [3.63, 3.8) is 0 Å². The first-order valence-corrected chi connectivity index (χ1v) is 6.40. The predicted octanol–water partition coefficient (Wildman–Crippen LogP) is 1.40. The van der Waals surface area contributed by atoms with Crippen molar-refractivity contribution in [3.8, 4) is 5.75 Å². The maximum Gasteiger partial charge on any atom is 0.257 e. The summed E-state index contributed by atoms with van der Waals surface area (Å²) in [6.07, 6.45) is 0.715. The second kappa shape index (κ2) is 5.48. The molecule has 1 aliphatic heterocycles. The number of rotatable bonds is 2. The number of carbonyl (C=O) groups is 2. The molecule has 0 aromatic heterocycles. The van der Waals surface area contributed by atoms with Crippen molar-refractivity contribution in [3.05, 3.63) is 28.8 Å². The molecule has 1 unspecified atom stereocenters. The van der Waals surface area contributed by atoms with Crippen LogP contribution in [0.4, 0.5) is 0 Å². The molecule has 0 saturated carbocycles. The SMILES string of the molecule is CC(=O)NC1CCN(C(=O)c2cc(Cl)ccc2O)C1. The van der Waals surface area contributed by atoms with E-state index in [1.54, 1.807) is 4.90 Å². The molecular formula is C13H15ClN2O3. The van der Waals surface area contributed by atoms with Gasteiger partial charge in [0.2, 0.25) is 5.91 Å². The van der Waals surface area contributed by atoms with Gasteiger partial charge >= 0.3 is 0 Å². The number of amides is 2. The molecule has 1 saturated heterocycles. The molecule has 0 bridgehead atoms. The Morgan fingerprint density at radius 1 is 1.47 bits per heavy atom. The maximum atomic E-state index is 12.2. The summed E-state index contributed by atoms with van der Waals surface area (Å²) in [6.45, 7) is 2.45. The van der Waals surface area contributed by atoms with Gasteiger partial charge < -0.3 is 15.3 Å². The second-order valence-corrected chi connectivity index (χ2v) is 5.04. The summed E-state index contributed by atoms with van der Waals surface area (Å²) >= 11 is 5.83. The number of nitrogens with one attached hydrogen (secondary N) is 1. The Balaban J connectivity index is 2.09. The second-order valence-electron chi connectivity index (χ2n) is 4.60. The van der Waals surface area contributed by atoms with Gasteiger partial charge in [-0.2, -0.15) is 0 Å².